The van der Waals surface area contributed by atoms with Crippen LogP contribution in [0.5, 0.6) is 0 Å². The Hall–Kier alpha value is -1.35. The molecule has 0 aliphatic heterocycles. The van der Waals surface area contributed by atoms with Crippen molar-refractivity contribution < 1.29 is 5.11 Å². The molecule has 0 radical (unpaired) electrons. The minimum atomic E-state index is -0.469. The largest absolute Gasteiger partial charge is 0.387 e. The molecule has 0 amide bonds. The molecule has 0 heterocycles. The Morgan fingerprint density at radius 2 is 1.70 bits per heavy atom. The molecule has 106 valence electrons. The predicted molar refractivity (Wildman–Crippen MR) is 84.0 cm³/mol. The molecule has 2 nitrogen and oxygen atoms in total. The zero-order valence-corrected chi connectivity index (χ0v) is 12.3. The second-order valence-corrected chi connectivity index (χ2v) is 5.50. The van der Waals surface area contributed by atoms with E-state index in [4.69, 9.17) is 11.6 Å². The molecule has 0 bridgehead atoms. The van der Waals surface area contributed by atoms with Gasteiger partial charge in [0.2, 0.25) is 0 Å². The highest BCUT2D eigenvalue weighted by Crippen LogP contribution is 2.13. The van der Waals surface area contributed by atoms with Crippen molar-refractivity contribution in [2.24, 2.45) is 0 Å². The Morgan fingerprint density at radius 1 is 1.05 bits per heavy atom. The molecule has 0 aliphatic rings. The van der Waals surface area contributed by atoms with Crippen molar-refractivity contribution in [3.8, 4) is 0 Å². The van der Waals surface area contributed by atoms with Crippen LogP contribution in [0, 0.1) is 0 Å². The van der Waals surface area contributed by atoms with E-state index >= 15 is 0 Å². The summed E-state index contributed by atoms with van der Waals surface area (Å²) in [5.41, 5.74) is 2.18. The van der Waals surface area contributed by atoms with Crippen molar-refractivity contribution in [2.75, 3.05) is 6.54 Å². The highest BCUT2D eigenvalue weighted by molar-refractivity contribution is 6.30. The molecular weight excluding hydrogens is 270 g/mol. The van der Waals surface area contributed by atoms with Crippen LogP contribution in [0.1, 0.15) is 24.2 Å². The molecule has 2 N–H and O–H groups in total. The van der Waals surface area contributed by atoms with Gasteiger partial charge in [0.25, 0.3) is 0 Å². The number of nitrogens with one attached hydrogen (secondary N) is 1. The van der Waals surface area contributed by atoms with Gasteiger partial charge in [0, 0.05) is 17.6 Å². The fourth-order valence-electron chi connectivity index (χ4n) is 2.15. The van der Waals surface area contributed by atoms with E-state index in [1.807, 2.05) is 54.6 Å². The topological polar surface area (TPSA) is 32.3 Å². The quantitative estimate of drug-likeness (QED) is 0.852. The summed E-state index contributed by atoms with van der Waals surface area (Å²) in [5, 5.41) is 14.2. The highest BCUT2D eigenvalue weighted by atomic mass is 35.5. The van der Waals surface area contributed by atoms with Gasteiger partial charge in [0.1, 0.15) is 0 Å². The van der Waals surface area contributed by atoms with E-state index in [2.05, 4.69) is 12.2 Å². The normalized spacial score (nSPS) is 13.9. The second-order valence-electron chi connectivity index (χ2n) is 5.07. The van der Waals surface area contributed by atoms with E-state index in [0.29, 0.717) is 12.6 Å². The van der Waals surface area contributed by atoms with Crippen molar-refractivity contribution in [3.05, 3.63) is 70.7 Å². The van der Waals surface area contributed by atoms with Crippen LogP contribution in [0.4, 0.5) is 0 Å². The lowest BCUT2D eigenvalue weighted by Crippen LogP contribution is -2.32. The number of rotatable bonds is 6. The van der Waals surface area contributed by atoms with Crippen molar-refractivity contribution in [3.63, 3.8) is 0 Å². The molecule has 3 heteroatoms. The van der Waals surface area contributed by atoms with Crippen LogP contribution in [0.3, 0.4) is 0 Å². The maximum Gasteiger partial charge on any atom is 0.0914 e. The van der Waals surface area contributed by atoms with E-state index in [1.165, 1.54) is 5.56 Å². The molecule has 0 aromatic heterocycles. The van der Waals surface area contributed by atoms with Gasteiger partial charge < -0.3 is 10.4 Å². The van der Waals surface area contributed by atoms with Crippen LogP contribution in [0.15, 0.2) is 54.6 Å². The number of hydrogen-bond acceptors (Lipinski definition) is 2. The van der Waals surface area contributed by atoms with E-state index in [9.17, 15) is 5.11 Å². The summed E-state index contributed by atoms with van der Waals surface area (Å²) < 4.78 is 0. The summed E-state index contributed by atoms with van der Waals surface area (Å²) >= 11 is 5.87. The van der Waals surface area contributed by atoms with E-state index in [0.717, 1.165) is 17.0 Å². The van der Waals surface area contributed by atoms with Gasteiger partial charge in [0.05, 0.1) is 6.10 Å². The van der Waals surface area contributed by atoms with Crippen molar-refractivity contribution >= 4 is 11.6 Å². The molecule has 2 unspecified atom stereocenters. The van der Waals surface area contributed by atoms with Crippen LogP contribution in [-0.4, -0.2) is 17.7 Å². The maximum absolute atomic E-state index is 10.1. The average Bonchev–Trinajstić information content (AvgIpc) is 2.48. The predicted octanol–water partition coefficient (Wildman–Crippen LogP) is 3.59. The smallest absolute Gasteiger partial charge is 0.0914 e. The monoisotopic (exact) mass is 289 g/mol. The van der Waals surface area contributed by atoms with Crippen LogP contribution in [0.2, 0.25) is 5.02 Å². The third kappa shape index (κ3) is 4.64. The molecule has 0 saturated carbocycles. The van der Waals surface area contributed by atoms with Gasteiger partial charge in [-0.05, 0) is 36.6 Å². The fourth-order valence-corrected chi connectivity index (χ4v) is 2.28. The molecule has 2 aromatic rings. The Bertz CT molecular complexity index is 512. The van der Waals surface area contributed by atoms with Crippen LogP contribution in [-0.2, 0) is 6.42 Å². The SMILES string of the molecule is CC(Cc1ccc(Cl)cc1)NCC(O)c1ccccc1. The lowest BCUT2D eigenvalue weighted by molar-refractivity contribution is 0.170. The third-order valence-electron chi connectivity index (χ3n) is 3.30. The van der Waals surface area contributed by atoms with Gasteiger partial charge >= 0.3 is 0 Å². The van der Waals surface area contributed by atoms with Crippen molar-refractivity contribution in [1.82, 2.24) is 5.32 Å². The van der Waals surface area contributed by atoms with E-state index in [-0.39, 0.29) is 0 Å². The number of aliphatic hydroxyl groups excluding tert-OH is 1. The Labute approximate surface area is 125 Å². The second kappa shape index (κ2) is 7.44. The molecule has 0 fully saturated rings. The summed E-state index contributed by atoms with van der Waals surface area (Å²) in [5.74, 6) is 0. The van der Waals surface area contributed by atoms with Gasteiger partial charge in [-0.15, -0.1) is 0 Å². The van der Waals surface area contributed by atoms with Crippen LogP contribution >= 0.6 is 11.6 Å². The summed E-state index contributed by atoms with van der Waals surface area (Å²) in [4.78, 5) is 0. The Morgan fingerprint density at radius 3 is 2.35 bits per heavy atom. The highest BCUT2D eigenvalue weighted by Gasteiger charge is 2.09. The van der Waals surface area contributed by atoms with Gasteiger partial charge in [-0.2, -0.15) is 0 Å². The molecule has 2 rings (SSSR count). The zero-order chi connectivity index (χ0) is 14.4. The van der Waals surface area contributed by atoms with Crippen molar-refractivity contribution in [1.29, 1.82) is 0 Å². The van der Waals surface area contributed by atoms with Gasteiger partial charge in [-0.25, -0.2) is 0 Å². The minimum Gasteiger partial charge on any atom is -0.387 e. The average molecular weight is 290 g/mol. The molecule has 2 aromatic carbocycles. The first kappa shape index (κ1) is 15.0. The van der Waals surface area contributed by atoms with E-state index in [1.54, 1.807) is 0 Å². The van der Waals surface area contributed by atoms with Crippen LogP contribution in [0.25, 0.3) is 0 Å². The standard InChI is InChI=1S/C17H20ClNO/c1-13(11-14-7-9-16(18)10-8-14)19-12-17(20)15-5-3-2-4-6-15/h2-10,13,17,19-20H,11-12H2,1H3. The summed E-state index contributed by atoms with van der Waals surface area (Å²) in [7, 11) is 0. The molecule has 0 aliphatic carbocycles. The fraction of sp³-hybridized carbons (Fsp3) is 0.294. The number of benzene rings is 2. The van der Waals surface area contributed by atoms with Gasteiger partial charge in [0.15, 0.2) is 0 Å². The number of halogens is 1. The molecule has 0 saturated heterocycles. The van der Waals surface area contributed by atoms with E-state index < -0.39 is 6.10 Å². The van der Waals surface area contributed by atoms with Gasteiger partial charge in [-0.1, -0.05) is 54.1 Å². The third-order valence-corrected chi connectivity index (χ3v) is 3.55. The van der Waals surface area contributed by atoms with Crippen molar-refractivity contribution in [2.45, 2.75) is 25.5 Å². The zero-order valence-electron chi connectivity index (χ0n) is 11.6. The molecule has 2 atom stereocenters. The maximum atomic E-state index is 10.1. The first-order valence-electron chi connectivity index (χ1n) is 6.86. The first-order chi connectivity index (χ1) is 9.65. The minimum absolute atomic E-state index is 0.300. The first-order valence-corrected chi connectivity index (χ1v) is 7.24. The lowest BCUT2D eigenvalue weighted by Gasteiger charge is -2.17. The Kier molecular flexibility index (Phi) is 5.60. The summed E-state index contributed by atoms with van der Waals surface area (Å²) in [6, 6.07) is 17.9. The Balaban J connectivity index is 1.80. The molecular formula is C17H20ClNO. The van der Waals surface area contributed by atoms with Crippen LogP contribution < -0.4 is 5.32 Å². The molecule has 0 spiro atoms. The number of aliphatic hydroxyl groups is 1. The van der Waals surface area contributed by atoms with Gasteiger partial charge in [-0.3, -0.25) is 0 Å². The number of hydrogen-bond donors (Lipinski definition) is 2. The lowest BCUT2D eigenvalue weighted by atomic mass is 10.1. The molecule has 20 heavy (non-hydrogen) atoms. The summed E-state index contributed by atoms with van der Waals surface area (Å²) in [6.07, 6.45) is 0.447. The summed E-state index contributed by atoms with van der Waals surface area (Å²) in [6.45, 7) is 2.67.